The molecule has 0 aromatic rings. The quantitative estimate of drug-likeness (QED) is 0.130. The molecule has 0 amide bonds. The molecule has 0 heterocycles. The van der Waals surface area contributed by atoms with Crippen molar-refractivity contribution in [3.8, 4) is 0 Å². The molecule has 0 aromatic heterocycles. The lowest BCUT2D eigenvalue weighted by Crippen LogP contribution is -2.78. The fourth-order valence-electron chi connectivity index (χ4n) is 2.35. The first kappa shape index (κ1) is 40.5. The van der Waals surface area contributed by atoms with E-state index in [1.807, 2.05) is 0 Å². The van der Waals surface area contributed by atoms with Gasteiger partial charge in [-0.05, 0) is 19.6 Å². The van der Waals surface area contributed by atoms with Gasteiger partial charge in [0.15, 0.2) is 8.32 Å². The SMILES string of the molecule is C[Si](C)(C)OCC(F)(F)C(F)(F)C(F)(F)C(F)(F)C(F)(F)C(F)(F)C(F)(F)C(F)(F)C(F)(F)C(F)(F)C(F)(F)C(F)F. The lowest BCUT2D eigenvalue weighted by atomic mass is 9.84. The largest absolute Gasteiger partial charge is 0.411 e. The summed E-state index contributed by atoms with van der Waals surface area (Å²) in [5.74, 6) is -96.1. The number of hydrogen-bond donors (Lipinski definition) is 0. The van der Waals surface area contributed by atoms with Gasteiger partial charge in [-0.15, -0.1) is 0 Å². The first-order valence-corrected chi connectivity index (χ1v) is 13.1. The molecule has 0 aliphatic carbocycles. The van der Waals surface area contributed by atoms with Gasteiger partial charge in [-0.1, -0.05) is 0 Å². The van der Waals surface area contributed by atoms with Crippen LogP contribution in [0.25, 0.3) is 0 Å². The minimum absolute atomic E-state index is 0.821. The highest BCUT2D eigenvalue weighted by Crippen LogP contribution is 2.67. The summed E-state index contributed by atoms with van der Waals surface area (Å²) in [6, 6.07) is 0. The van der Waals surface area contributed by atoms with Crippen LogP contribution >= 0.6 is 0 Å². The number of alkyl halides is 24. The zero-order valence-electron chi connectivity index (χ0n) is 19.8. The van der Waals surface area contributed by atoms with Gasteiger partial charge in [0.05, 0.1) is 0 Å². The van der Waals surface area contributed by atoms with Gasteiger partial charge in [-0.2, -0.15) is 96.6 Å². The Kier molecular flexibility index (Phi) is 9.90. The number of halogens is 24. The minimum Gasteiger partial charge on any atom is -0.411 e. The molecule has 0 fully saturated rings. The van der Waals surface area contributed by atoms with Gasteiger partial charge in [-0.3, -0.25) is 0 Å². The maximum atomic E-state index is 13.8. The fraction of sp³-hybridized carbons (Fsp3) is 1.00. The van der Waals surface area contributed by atoms with E-state index in [0.29, 0.717) is 0 Å². The minimum atomic E-state index is -9.46. The molecule has 0 unspecified atom stereocenters. The van der Waals surface area contributed by atoms with E-state index >= 15 is 0 Å². The van der Waals surface area contributed by atoms with Crippen molar-refractivity contribution in [3.05, 3.63) is 0 Å². The smallest absolute Gasteiger partial charge is 0.385 e. The molecule has 42 heavy (non-hydrogen) atoms. The monoisotopic (exact) mass is 704 g/mol. The Bertz CT molecular complexity index is 962. The average molecular weight is 704 g/mol. The third-order valence-corrected chi connectivity index (χ3v) is 6.00. The maximum Gasteiger partial charge on any atom is 0.385 e. The molecule has 26 heteroatoms. The summed E-state index contributed by atoms with van der Waals surface area (Å²) in [6.07, 6.45) is -6.25. The van der Waals surface area contributed by atoms with Crippen LogP contribution in [-0.4, -0.2) is 86.5 Å². The third-order valence-electron chi connectivity index (χ3n) is 4.99. The van der Waals surface area contributed by atoms with Gasteiger partial charge in [0.2, 0.25) is 0 Å². The predicted molar refractivity (Wildman–Crippen MR) is 89.7 cm³/mol. The van der Waals surface area contributed by atoms with Crippen molar-refractivity contribution in [1.29, 1.82) is 0 Å². The lowest BCUT2D eigenvalue weighted by Gasteiger charge is -2.45. The van der Waals surface area contributed by atoms with Crippen LogP contribution in [0.2, 0.25) is 19.6 Å². The molecule has 0 aliphatic heterocycles. The molecule has 1 nitrogen and oxygen atoms in total. The zero-order chi connectivity index (χ0) is 35.0. The average Bonchev–Trinajstić information content (AvgIpc) is 2.75. The molecule has 0 N–H and O–H groups in total. The van der Waals surface area contributed by atoms with Crippen LogP contribution in [0.4, 0.5) is 105 Å². The van der Waals surface area contributed by atoms with Crippen molar-refractivity contribution in [2.75, 3.05) is 6.61 Å². The van der Waals surface area contributed by atoms with Crippen LogP contribution in [0.5, 0.6) is 0 Å². The maximum absolute atomic E-state index is 13.8. The molecule has 0 radical (unpaired) electrons. The standard InChI is InChI=1S/C16H12F24OSi/c1-42(2,3)41-4-6(19,20)8(23,24)10(27,28)12(31,32)14(35,36)16(39,40)15(37,38)13(33,34)11(29,30)9(25,26)7(21,22)5(17)18/h5H,4H2,1-3H3. The fourth-order valence-corrected chi connectivity index (χ4v) is 2.97. The summed E-state index contributed by atoms with van der Waals surface area (Å²) in [7, 11) is -3.55. The molecule has 0 aliphatic rings. The second kappa shape index (κ2) is 10.3. The second-order valence-corrected chi connectivity index (χ2v) is 13.7. The van der Waals surface area contributed by atoms with Crippen molar-refractivity contribution in [1.82, 2.24) is 0 Å². The van der Waals surface area contributed by atoms with Crippen molar-refractivity contribution in [3.63, 3.8) is 0 Å². The lowest BCUT2D eigenvalue weighted by molar-refractivity contribution is -0.476. The van der Waals surface area contributed by atoms with Crippen LogP contribution in [0, 0.1) is 0 Å². The normalized spacial score (nSPS) is 16.9. The van der Waals surface area contributed by atoms with E-state index < -0.39 is 86.5 Å². The van der Waals surface area contributed by atoms with E-state index in [2.05, 4.69) is 4.43 Å². The Morgan fingerprint density at radius 2 is 0.619 bits per heavy atom. The third kappa shape index (κ3) is 5.25. The molecule has 254 valence electrons. The second-order valence-electron chi connectivity index (χ2n) is 9.20. The van der Waals surface area contributed by atoms with E-state index in [0.717, 1.165) is 19.6 Å². The highest BCUT2D eigenvalue weighted by molar-refractivity contribution is 6.69. The number of hydrogen-bond acceptors (Lipinski definition) is 1. The topological polar surface area (TPSA) is 9.23 Å². The van der Waals surface area contributed by atoms with E-state index in [9.17, 15) is 105 Å². The summed E-state index contributed by atoms with van der Waals surface area (Å²) in [4.78, 5) is 0. The Hall–Kier alpha value is -1.50. The van der Waals surface area contributed by atoms with Gasteiger partial charge in [0.25, 0.3) is 0 Å². The van der Waals surface area contributed by atoms with E-state index in [-0.39, 0.29) is 0 Å². The molecular formula is C16H12F24OSi. The molecule has 0 saturated carbocycles. The summed E-state index contributed by atoms with van der Waals surface area (Å²) in [5.41, 5.74) is 0. The zero-order valence-corrected chi connectivity index (χ0v) is 20.8. The first-order valence-electron chi connectivity index (χ1n) is 9.73. The molecule has 0 aromatic carbocycles. The molecular weight excluding hydrogens is 692 g/mol. The highest BCUT2D eigenvalue weighted by Gasteiger charge is 2.98. The Balaban J connectivity index is 7.19. The van der Waals surface area contributed by atoms with Crippen molar-refractivity contribution in [2.24, 2.45) is 0 Å². The molecule has 0 bridgehead atoms. The van der Waals surface area contributed by atoms with Gasteiger partial charge in [0, 0.05) is 0 Å². The van der Waals surface area contributed by atoms with E-state index in [4.69, 9.17) is 0 Å². The van der Waals surface area contributed by atoms with Crippen LogP contribution < -0.4 is 0 Å². The van der Waals surface area contributed by atoms with Crippen molar-refractivity contribution in [2.45, 2.75) is 91.2 Å². The molecule has 0 spiro atoms. The van der Waals surface area contributed by atoms with Gasteiger partial charge < -0.3 is 4.43 Å². The summed E-state index contributed by atoms with van der Waals surface area (Å²) in [5, 5.41) is 0. The molecule has 0 atom stereocenters. The van der Waals surface area contributed by atoms with Crippen LogP contribution in [0.3, 0.4) is 0 Å². The van der Waals surface area contributed by atoms with E-state index in [1.54, 1.807) is 0 Å². The predicted octanol–water partition coefficient (Wildman–Crippen LogP) is 9.09. The van der Waals surface area contributed by atoms with Crippen LogP contribution in [0.1, 0.15) is 0 Å². The Morgan fingerprint density at radius 1 is 0.405 bits per heavy atom. The Morgan fingerprint density at radius 3 is 0.833 bits per heavy atom. The Labute approximate surface area is 217 Å². The summed E-state index contributed by atoms with van der Waals surface area (Å²) in [6.45, 7) is -0.637. The molecule has 0 rings (SSSR count). The van der Waals surface area contributed by atoms with E-state index in [1.165, 1.54) is 0 Å². The highest BCUT2D eigenvalue weighted by atomic mass is 28.4. The van der Waals surface area contributed by atoms with Gasteiger partial charge in [0.1, 0.15) is 6.61 Å². The van der Waals surface area contributed by atoms with Crippen molar-refractivity contribution < 1.29 is 110 Å². The number of rotatable bonds is 14. The molecule has 0 saturated heterocycles. The van der Waals surface area contributed by atoms with Gasteiger partial charge >= 0.3 is 71.6 Å². The van der Waals surface area contributed by atoms with Crippen LogP contribution in [-0.2, 0) is 4.43 Å². The summed E-state index contributed by atoms with van der Waals surface area (Å²) < 4.78 is 325. The summed E-state index contributed by atoms with van der Waals surface area (Å²) >= 11 is 0. The van der Waals surface area contributed by atoms with Crippen LogP contribution in [0.15, 0.2) is 0 Å². The van der Waals surface area contributed by atoms with Gasteiger partial charge in [-0.25, -0.2) is 8.78 Å². The van der Waals surface area contributed by atoms with Crippen molar-refractivity contribution >= 4 is 8.32 Å². The first-order chi connectivity index (χ1) is 17.7.